The molecule has 1 rings (SSSR count). The zero-order valence-corrected chi connectivity index (χ0v) is 10.1. The Labute approximate surface area is 118 Å². The number of hydrogen-bond donors (Lipinski definition) is 0. The summed E-state index contributed by atoms with van der Waals surface area (Å²) in [6.45, 7) is 0. The molecule has 0 saturated heterocycles. The number of benzene rings is 1. The van der Waals surface area contributed by atoms with Crippen LogP contribution < -0.4 is 51.4 Å². The largest absolute Gasteiger partial charge is 1.00 e. The summed E-state index contributed by atoms with van der Waals surface area (Å²) < 4.78 is 29.0. The third-order valence-corrected chi connectivity index (χ3v) is 0.836. The van der Waals surface area contributed by atoms with E-state index in [9.17, 15) is 12.9 Å². The summed E-state index contributed by atoms with van der Waals surface area (Å²) in [6.07, 6.45) is 0. The Morgan fingerprint density at radius 1 is 1.38 bits per heavy atom. The number of halogens is 3. The summed E-state index contributed by atoms with van der Waals surface area (Å²) in [5.74, 6) is 0. The summed E-state index contributed by atoms with van der Waals surface area (Å²) in [5.41, 5.74) is 0.660. The van der Waals surface area contributed by atoms with Gasteiger partial charge in [-0.15, -0.1) is 0 Å². The Morgan fingerprint density at radius 3 is 2.15 bits per heavy atom. The zero-order chi connectivity index (χ0) is 9.40. The Hall–Kier alpha value is 0.201. The maximum atomic E-state index is 9.67. The van der Waals surface area contributed by atoms with Crippen molar-refractivity contribution in [2.45, 2.75) is 0 Å². The molecule has 6 heteroatoms. The third-order valence-electron chi connectivity index (χ3n) is 0.836. The minimum Gasteiger partial charge on any atom is -0.254 e. The van der Waals surface area contributed by atoms with Crippen molar-refractivity contribution in [1.29, 1.82) is 5.26 Å². The van der Waals surface area contributed by atoms with E-state index in [1.54, 1.807) is 24.3 Å². The van der Waals surface area contributed by atoms with Crippen molar-refractivity contribution in [3.05, 3.63) is 35.9 Å². The first kappa shape index (κ1) is 15.7. The molecule has 0 radical (unpaired) electrons. The maximum absolute atomic E-state index is 9.67. The Bertz CT molecular complexity index is 247. The van der Waals surface area contributed by atoms with Gasteiger partial charge in [-0.2, -0.15) is 30.3 Å². The van der Waals surface area contributed by atoms with Crippen molar-refractivity contribution in [3.63, 3.8) is 0 Å². The predicted octanol–water partition coefficient (Wildman–Crippen LogP) is -0.758. The molecule has 0 unspecified atom stereocenters. The molecular weight excluding hydrogens is 205 g/mol. The van der Waals surface area contributed by atoms with E-state index in [2.05, 4.69) is 6.07 Å². The summed E-state index contributed by atoms with van der Waals surface area (Å²) in [5, 5.41) is 8.27. The van der Waals surface area contributed by atoms with Crippen LogP contribution in [-0.4, -0.2) is 7.54 Å². The van der Waals surface area contributed by atoms with Gasteiger partial charge in [-0.3, -0.25) is 12.9 Å². The van der Waals surface area contributed by atoms with Crippen LogP contribution in [0.4, 0.5) is 12.9 Å². The molecule has 1 aromatic carbocycles. The molecule has 0 heterocycles. The van der Waals surface area contributed by atoms with Crippen molar-refractivity contribution in [3.8, 4) is 6.07 Å². The Kier molecular flexibility index (Phi) is 12.4. The second kappa shape index (κ2) is 10.3. The van der Waals surface area contributed by atoms with Gasteiger partial charge in [-0.05, 0) is 0 Å². The average molecular weight is 209 g/mol. The van der Waals surface area contributed by atoms with Crippen molar-refractivity contribution >= 4 is 7.54 Å². The fraction of sp³-hybridized carbons (Fsp3) is 0. The van der Waals surface area contributed by atoms with E-state index in [1.807, 2.05) is 6.07 Å². The number of rotatable bonds is 0. The third kappa shape index (κ3) is 12.2. The van der Waals surface area contributed by atoms with Gasteiger partial charge in [0.1, 0.15) is 0 Å². The molecule has 0 aliphatic carbocycles. The van der Waals surface area contributed by atoms with Gasteiger partial charge >= 0.3 is 58.9 Å². The molecule has 0 spiro atoms. The second-order valence-corrected chi connectivity index (χ2v) is 1.65. The molecule has 0 aliphatic heterocycles. The molecule has 0 aromatic heterocycles. The van der Waals surface area contributed by atoms with Crippen molar-refractivity contribution < 1.29 is 64.3 Å². The summed E-state index contributed by atoms with van der Waals surface area (Å²) in [7, 11) is -3.67. The molecule has 0 saturated carbocycles. The molecule has 0 fully saturated rings. The van der Waals surface area contributed by atoms with Crippen LogP contribution in [0.25, 0.3) is 0 Å². The van der Waals surface area contributed by atoms with Crippen LogP contribution >= 0.6 is 0 Å². The van der Waals surface area contributed by atoms with Gasteiger partial charge in [0.05, 0.1) is 0 Å². The Morgan fingerprint density at radius 2 is 1.92 bits per heavy atom. The molecule has 1 nitrogen and oxygen atoms in total. The first-order valence-electron chi connectivity index (χ1n) is 2.95. The number of nitrogens with zero attached hydrogens (tertiary/aromatic N) is 1. The van der Waals surface area contributed by atoms with Gasteiger partial charge in [0.25, 0.3) is 0 Å². The van der Waals surface area contributed by atoms with Gasteiger partial charge in [0, 0.05) is 6.07 Å². The molecule has 0 bridgehead atoms. The van der Waals surface area contributed by atoms with Crippen LogP contribution in [-0.2, 0) is 0 Å². The number of hydrogen-bond acceptors (Lipinski definition) is 1. The summed E-state index contributed by atoms with van der Waals surface area (Å²) >= 11 is 0. The summed E-state index contributed by atoms with van der Waals surface area (Å²) in [4.78, 5) is 0. The van der Waals surface area contributed by atoms with E-state index in [0.29, 0.717) is 5.56 Å². The fourth-order valence-corrected chi connectivity index (χ4v) is 0.463. The first-order chi connectivity index (χ1) is 5.66. The van der Waals surface area contributed by atoms with E-state index in [-0.39, 0.29) is 51.4 Å². The standard InChI is InChI=1S/C7H4N.BF3.K/c8-6-7-4-2-1-3-5-7;2-1(3)4;/h1-2,4-5H;;/q-1;;+1. The maximum Gasteiger partial charge on any atom is 1.00 e. The van der Waals surface area contributed by atoms with E-state index < -0.39 is 7.54 Å². The van der Waals surface area contributed by atoms with Gasteiger partial charge in [0.15, 0.2) is 0 Å². The molecule has 62 valence electrons. The zero-order valence-electron chi connectivity index (χ0n) is 6.97. The van der Waals surface area contributed by atoms with Crippen LogP contribution in [0, 0.1) is 17.4 Å². The summed E-state index contributed by atoms with van der Waals surface area (Å²) in [6, 6.07) is 11.7. The van der Waals surface area contributed by atoms with E-state index >= 15 is 0 Å². The Balaban J connectivity index is 0. The van der Waals surface area contributed by atoms with Gasteiger partial charge in [-0.25, -0.2) is 5.26 Å². The van der Waals surface area contributed by atoms with Crippen LogP contribution in [0.3, 0.4) is 0 Å². The smallest absolute Gasteiger partial charge is 0.254 e. The molecule has 1 aromatic rings. The van der Waals surface area contributed by atoms with Gasteiger partial charge in [-0.1, -0.05) is 5.56 Å². The fourth-order valence-electron chi connectivity index (χ4n) is 0.463. The molecule has 0 N–H and O–H groups in total. The van der Waals surface area contributed by atoms with Crippen LogP contribution in [0.1, 0.15) is 5.56 Å². The van der Waals surface area contributed by atoms with Crippen LogP contribution in [0.5, 0.6) is 0 Å². The quantitative estimate of drug-likeness (QED) is 0.407. The van der Waals surface area contributed by atoms with Gasteiger partial charge in [0.2, 0.25) is 0 Å². The average Bonchev–Trinajstić information content (AvgIpc) is 2.05. The normalized spacial score (nSPS) is 6.92. The first-order valence-corrected chi connectivity index (χ1v) is 2.95. The van der Waals surface area contributed by atoms with E-state index in [4.69, 9.17) is 5.26 Å². The SMILES string of the molecule is FB(F)F.N#Cc1c[c-]ccc1.[K+]. The molecule has 0 aliphatic rings. The molecule has 0 amide bonds. The minimum absolute atomic E-state index is 0. The molecule has 0 atom stereocenters. The predicted molar refractivity (Wildman–Crippen MR) is 39.1 cm³/mol. The van der Waals surface area contributed by atoms with Crippen molar-refractivity contribution in [2.24, 2.45) is 0 Å². The van der Waals surface area contributed by atoms with E-state index in [0.717, 1.165) is 0 Å². The molecular formula is C7H4BF3KN. The van der Waals surface area contributed by atoms with Crippen LogP contribution in [0.15, 0.2) is 24.3 Å². The van der Waals surface area contributed by atoms with Crippen molar-refractivity contribution in [1.82, 2.24) is 0 Å². The van der Waals surface area contributed by atoms with Gasteiger partial charge < -0.3 is 0 Å². The van der Waals surface area contributed by atoms with E-state index in [1.165, 1.54) is 0 Å². The van der Waals surface area contributed by atoms with Crippen LogP contribution in [0.2, 0.25) is 0 Å². The number of nitriles is 1. The topological polar surface area (TPSA) is 23.8 Å². The minimum atomic E-state index is -3.67. The van der Waals surface area contributed by atoms with Crippen molar-refractivity contribution in [2.75, 3.05) is 0 Å². The molecule has 13 heavy (non-hydrogen) atoms. The second-order valence-electron chi connectivity index (χ2n) is 1.65. The monoisotopic (exact) mass is 209 g/mol.